The van der Waals surface area contributed by atoms with Crippen LogP contribution in [0, 0.1) is 11.8 Å². The monoisotopic (exact) mass is 262 g/mol. The Balaban J connectivity index is 2.67. The molecule has 92 valence electrons. The van der Waals surface area contributed by atoms with Crippen LogP contribution in [-0.2, 0) is 10.0 Å². The van der Waals surface area contributed by atoms with Crippen LogP contribution in [0.3, 0.4) is 0 Å². The molecule has 3 N–H and O–H groups in total. The Hall–Kier alpha value is -0.590. The van der Waals surface area contributed by atoms with Gasteiger partial charge >= 0.3 is 0 Å². The first-order valence-electron chi connectivity index (χ1n) is 5.16. The van der Waals surface area contributed by atoms with Crippen LogP contribution in [0.5, 0.6) is 0 Å². The van der Waals surface area contributed by atoms with Gasteiger partial charge in [-0.15, -0.1) is 11.3 Å². The van der Waals surface area contributed by atoms with E-state index < -0.39 is 10.0 Å². The lowest BCUT2D eigenvalue weighted by molar-refractivity contribution is 0.415. The first kappa shape index (κ1) is 13.5. The van der Waals surface area contributed by atoms with E-state index in [1.165, 1.54) is 6.07 Å². The van der Waals surface area contributed by atoms with Gasteiger partial charge in [0.25, 0.3) is 0 Å². The van der Waals surface area contributed by atoms with E-state index in [0.717, 1.165) is 11.3 Å². The Kier molecular flexibility index (Phi) is 4.35. The van der Waals surface area contributed by atoms with E-state index in [1.807, 2.05) is 6.92 Å². The topological polar surface area (TPSA) is 72.2 Å². The molecule has 0 aliphatic heterocycles. The van der Waals surface area contributed by atoms with Crippen LogP contribution in [0.25, 0.3) is 0 Å². The Morgan fingerprint density at radius 3 is 2.50 bits per heavy atom. The van der Waals surface area contributed by atoms with E-state index in [0.29, 0.717) is 24.1 Å². The zero-order valence-electron chi connectivity index (χ0n) is 9.73. The van der Waals surface area contributed by atoms with E-state index in [9.17, 15) is 8.42 Å². The van der Waals surface area contributed by atoms with Crippen LogP contribution in [0.2, 0.25) is 0 Å². The summed E-state index contributed by atoms with van der Waals surface area (Å²) in [5, 5.41) is 1.63. The minimum absolute atomic E-state index is 0.279. The lowest BCUT2D eigenvalue weighted by Gasteiger charge is -2.15. The maximum absolute atomic E-state index is 11.8. The highest BCUT2D eigenvalue weighted by atomic mass is 32.2. The van der Waals surface area contributed by atoms with Crippen molar-refractivity contribution in [2.24, 2.45) is 11.8 Å². The maximum Gasteiger partial charge on any atom is 0.250 e. The van der Waals surface area contributed by atoms with Crippen LogP contribution in [-0.4, -0.2) is 15.0 Å². The molecule has 1 unspecified atom stereocenters. The molecule has 0 spiro atoms. The molecule has 1 atom stereocenters. The molecule has 1 heterocycles. The van der Waals surface area contributed by atoms with Crippen LogP contribution >= 0.6 is 11.3 Å². The number of nitrogen functional groups attached to an aromatic ring is 1. The van der Waals surface area contributed by atoms with Gasteiger partial charge in [-0.2, -0.15) is 0 Å². The Labute approximate surface area is 101 Å². The fourth-order valence-electron chi connectivity index (χ4n) is 1.02. The standard InChI is InChI=1S/C10H18N2O2S2/c1-7(2)8(3)5-12-16(13,14)10-4-9(11)6-15-10/h4,6-8,12H,5,11H2,1-3H3. The van der Waals surface area contributed by atoms with E-state index in [4.69, 9.17) is 5.73 Å². The molecule has 0 radical (unpaired) electrons. The number of thiophene rings is 1. The van der Waals surface area contributed by atoms with Gasteiger partial charge in [0.05, 0.1) is 0 Å². The summed E-state index contributed by atoms with van der Waals surface area (Å²) < 4.78 is 26.5. The fraction of sp³-hybridized carbons (Fsp3) is 0.600. The molecule has 0 fully saturated rings. The Bertz CT molecular complexity index is 437. The van der Waals surface area contributed by atoms with Gasteiger partial charge < -0.3 is 5.73 Å². The zero-order chi connectivity index (χ0) is 12.3. The van der Waals surface area contributed by atoms with Gasteiger partial charge in [0.1, 0.15) is 4.21 Å². The molecule has 0 aromatic carbocycles. The van der Waals surface area contributed by atoms with Crippen LogP contribution < -0.4 is 10.5 Å². The van der Waals surface area contributed by atoms with E-state index in [1.54, 1.807) is 5.38 Å². The number of nitrogens with two attached hydrogens (primary N) is 1. The lowest BCUT2D eigenvalue weighted by Crippen LogP contribution is -2.29. The number of hydrogen-bond acceptors (Lipinski definition) is 4. The molecule has 0 saturated heterocycles. The molecule has 6 heteroatoms. The van der Waals surface area contributed by atoms with Crippen molar-refractivity contribution in [3.63, 3.8) is 0 Å². The smallest absolute Gasteiger partial charge is 0.250 e. The van der Waals surface area contributed by atoms with Crippen LogP contribution in [0.15, 0.2) is 15.7 Å². The third-order valence-corrected chi connectivity index (χ3v) is 5.48. The number of rotatable bonds is 5. The number of hydrogen-bond donors (Lipinski definition) is 2. The molecule has 0 saturated carbocycles. The molecule has 1 rings (SSSR count). The third kappa shape index (κ3) is 3.47. The van der Waals surface area contributed by atoms with Gasteiger partial charge in [-0.25, -0.2) is 13.1 Å². The summed E-state index contributed by atoms with van der Waals surface area (Å²) in [7, 11) is -3.38. The SMILES string of the molecule is CC(C)C(C)CNS(=O)(=O)c1cc(N)cs1. The lowest BCUT2D eigenvalue weighted by atomic mass is 9.99. The molecular weight excluding hydrogens is 244 g/mol. The van der Waals surface area contributed by atoms with Crippen molar-refractivity contribution in [2.75, 3.05) is 12.3 Å². The van der Waals surface area contributed by atoms with Crippen molar-refractivity contribution in [1.29, 1.82) is 0 Å². The molecule has 16 heavy (non-hydrogen) atoms. The second-order valence-electron chi connectivity index (χ2n) is 4.27. The summed E-state index contributed by atoms with van der Waals surface area (Å²) in [6, 6.07) is 1.48. The summed E-state index contributed by atoms with van der Waals surface area (Å²) in [4.78, 5) is 0. The second-order valence-corrected chi connectivity index (χ2v) is 7.18. The normalized spacial score (nSPS) is 14.2. The van der Waals surface area contributed by atoms with Gasteiger partial charge in [-0.1, -0.05) is 20.8 Å². The maximum atomic E-state index is 11.8. The Morgan fingerprint density at radius 2 is 2.06 bits per heavy atom. The average Bonchev–Trinajstić information content (AvgIpc) is 2.61. The fourth-order valence-corrected chi connectivity index (χ4v) is 3.29. The van der Waals surface area contributed by atoms with Gasteiger partial charge in [-0.3, -0.25) is 0 Å². The van der Waals surface area contributed by atoms with Crippen molar-refractivity contribution < 1.29 is 8.42 Å². The van der Waals surface area contributed by atoms with Gasteiger partial charge in [0, 0.05) is 17.6 Å². The minimum Gasteiger partial charge on any atom is -0.398 e. The molecule has 0 aliphatic carbocycles. The quantitative estimate of drug-likeness (QED) is 0.851. The van der Waals surface area contributed by atoms with Crippen molar-refractivity contribution in [2.45, 2.75) is 25.0 Å². The number of sulfonamides is 1. The van der Waals surface area contributed by atoms with E-state index >= 15 is 0 Å². The highest BCUT2D eigenvalue weighted by Gasteiger charge is 2.18. The Morgan fingerprint density at radius 1 is 1.44 bits per heavy atom. The van der Waals surface area contributed by atoms with Crippen LogP contribution in [0.1, 0.15) is 20.8 Å². The van der Waals surface area contributed by atoms with Crippen molar-refractivity contribution in [3.05, 3.63) is 11.4 Å². The predicted molar refractivity (Wildman–Crippen MR) is 67.9 cm³/mol. The molecule has 4 nitrogen and oxygen atoms in total. The molecule has 1 aromatic heterocycles. The summed E-state index contributed by atoms with van der Waals surface area (Å²) >= 11 is 1.14. The number of anilines is 1. The van der Waals surface area contributed by atoms with E-state index in [2.05, 4.69) is 18.6 Å². The summed E-state index contributed by atoms with van der Waals surface area (Å²) in [6.45, 7) is 6.62. The predicted octanol–water partition coefficient (Wildman–Crippen LogP) is 1.90. The minimum atomic E-state index is -3.38. The van der Waals surface area contributed by atoms with Crippen molar-refractivity contribution in [1.82, 2.24) is 4.72 Å². The van der Waals surface area contributed by atoms with Gasteiger partial charge in [0.2, 0.25) is 10.0 Å². The molecule has 0 amide bonds. The largest absolute Gasteiger partial charge is 0.398 e. The highest BCUT2D eigenvalue weighted by Crippen LogP contribution is 2.21. The zero-order valence-corrected chi connectivity index (χ0v) is 11.4. The number of nitrogens with one attached hydrogen (secondary N) is 1. The summed E-state index contributed by atoms with van der Waals surface area (Å²) in [5.74, 6) is 0.767. The molecule has 1 aromatic rings. The van der Waals surface area contributed by atoms with E-state index in [-0.39, 0.29) is 4.21 Å². The van der Waals surface area contributed by atoms with Crippen molar-refractivity contribution in [3.8, 4) is 0 Å². The van der Waals surface area contributed by atoms with Crippen LogP contribution in [0.4, 0.5) is 5.69 Å². The first-order chi connectivity index (χ1) is 7.33. The molecule has 0 bridgehead atoms. The average molecular weight is 262 g/mol. The van der Waals surface area contributed by atoms with Gasteiger partial charge in [-0.05, 0) is 17.9 Å². The van der Waals surface area contributed by atoms with Gasteiger partial charge in [0.15, 0.2) is 0 Å². The summed E-state index contributed by atoms with van der Waals surface area (Å²) in [6.07, 6.45) is 0. The summed E-state index contributed by atoms with van der Waals surface area (Å²) in [5.41, 5.74) is 5.99. The highest BCUT2D eigenvalue weighted by molar-refractivity contribution is 7.91. The van der Waals surface area contributed by atoms with Crippen molar-refractivity contribution >= 4 is 27.0 Å². The third-order valence-electron chi connectivity index (χ3n) is 2.59. The molecular formula is C10H18N2O2S2. The molecule has 0 aliphatic rings. The first-order valence-corrected chi connectivity index (χ1v) is 7.53. The second kappa shape index (κ2) is 5.16.